The first-order chi connectivity index (χ1) is 11.7. The van der Waals surface area contributed by atoms with Gasteiger partial charge in [-0.1, -0.05) is 30.3 Å². The second kappa shape index (κ2) is 8.18. The Balaban J connectivity index is 1.77. The lowest BCUT2D eigenvalue weighted by molar-refractivity contribution is -0.182. The number of carbonyl (C=O) groups excluding carboxylic acids is 1. The van der Waals surface area contributed by atoms with Crippen molar-refractivity contribution in [1.29, 1.82) is 0 Å². The lowest BCUT2D eigenvalue weighted by atomic mass is 10.1. The molecule has 2 unspecified atom stereocenters. The molecule has 0 aliphatic carbocycles. The van der Waals surface area contributed by atoms with Gasteiger partial charge in [0.25, 0.3) is 0 Å². The molecule has 3 rings (SSSR count). The standard InChI is InChI=1S/C16H20N4O3S/c17-12(21)10-18-16-19-15(20-24-16)14(11-6-2-1-3-7-11)23-13-8-4-5-9-22-13/h1-3,6-7,13-14H,4-5,8-10H2,(H2,17,21)(H,18,19,20). The maximum Gasteiger partial charge on any atom is 0.236 e. The number of nitrogens with two attached hydrogens (primary N) is 1. The van der Waals surface area contributed by atoms with Gasteiger partial charge in [0.1, 0.15) is 6.10 Å². The predicted octanol–water partition coefficient (Wildman–Crippen LogP) is 2.07. The van der Waals surface area contributed by atoms with Gasteiger partial charge < -0.3 is 20.5 Å². The van der Waals surface area contributed by atoms with Crippen LogP contribution in [0, 0.1) is 0 Å². The first kappa shape index (κ1) is 16.8. The van der Waals surface area contributed by atoms with Crippen molar-refractivity contribution in [2.75, 3.05) is 18.5 Å². The first-order valence-electron chi connectivity index (χ1n) is 7.90. The molecule has 1 saturated heterocycles. The summed E-state index contributed by atoms with van der Waals surface area (Å²) in [5.74, 6) is 0.102. The van der Waals surface area contributed by atoms with Crippen molar-refractivity contribution in [2.45, 2.75) is 31.7 Å². The van der Waals surface area contributed by atoms with E-state index in [1.807, 2.05) is 30.3 Å². The normalized spacial score (nSPS) is 18.9. The zero-order chi connectivity index (χ0) is 16.8. The average molecular weight is 348 g/mol. The Kier molecular flexibility index (Phi) is 5.73. The van der Waals surface area contributed by atoms with Crippen LogP contribution in [-0.2, 0) is 14.3 Å². The Labute approximate surface area is 144 Å². The monoisotopic (exact) mass is 348 g/mol. The number of hydrogen-bond donors (Lipinski definition) is 2. The second-order valence-corrected chi connectivity index (χ2v) is 6.25. The number of nitrogens with zero attached hydrogens (tertiary/aromatic N) is 2. The minimum absolute atomic E-state index is 0.0250. The van der Waals surface area contributed by atoms with E-state index in [9.17, 15) is 4.79 Å². The van der Waals surface area contributed by atoms with Crippen molar-refractivity contribution in [3.63, 3.8) is 0 Å². The third-order valence-electron chi connectivity index (χ3n) is 3.62. The number of carbonyl (C=O) groups is 1. The van der Waals surface area contributed by atoms with Gasteiger partial charge >= 0.3 is 0 Å². The molecule has 1 amide bonds. The quantitative estimate of drug-likeness (QED) is 0.795. The Hall–Kier alpha value is -2.03. The molecule has 1 aliphatic rings. The summed E-state index contributed by atoms with van der Waals surface area (Å²) in [6.45, 7) is 0.735. The maximum absolute atomic E-state index is 10.9. The molecular weight excluding hydrogens is 328 g/mol. The van der Waals surface area contributed by atoms with Gasteiger partial charge in [0, 0.05) is 18.1 Å². The topological polar surface area (TPSA) is 99.4 Å². The molecule has 1 aromatic heterocycles. The van der Waals surface area contributed by atoms with Crippen LogP contribution in [-0.4, -0.2) is 34.7 Å². The maximum atomic E-state index is 10.9. The number of aromatic nitrogens is 2. The molecule has 0 radical (unpaired) electrons. The minimum atomic E-state index is -0.446. The predicted molar refractivity (Wildman–Crippen MR) is 90.6 cm³/mol. The molecule has 1 aromatic carbocycles. The molecule has 2 aromatic rings. The van der Waals surface area contributed by atoms with E-state index >= 15 is 0 Å². The number of rotatable bonds is 7. The number of hydrogen-bond acceptors (Lipinski definition) is 7. The Morgan fingerprint density at radius 1 is 1.42 bits per heavy atom. The van der Waals surface area contributed by atoms with Gasteiger partial charge in [0.2, 0.25) is 11.0 Å². The summed E-state index contributed by atoms with van der Waals surface area (Å²) in [5, 5.41) is 3.40. The molecule has 7 nitrogen and oxygen atoms in total. The van der Waals surface area contributed by atoms with Crippen LogP contribution in [0.2, 0.25) is 0 Å². The lowest BCUT2D eigenvalue weighted by Crippen LogP contribution is -2.25. The fourth-order valence-electron chi connectivity index (χ4n) is 2.46. The summed E-state index contributed by atoms with van der Waals surface area (Å²) in [7, 11) is 0. The Morgan fingerprint density at radius 3 is 2.96 bits per heavy atom. The van der Waals surface area contributed by atoms with Gasteiger partial charge in [0.05, 0.1) is 6.54 Å². The molecule has 0 spiro atoms. The van der Waals surface area contributed by atoms with Gasteiger partial charge in [-0.2, -0.15) is 4.37 Å². The van der Waals surface area contributed by atoms with Crippen LogP contribution < -0.4 is 11.1 Å². The van der Waals surface area contributed by atoms with Gasteiger partial charge in [0.15, 0.2) is 12.1 Å². The second-order valence-electron chi connectivity index (χ2n) is 5.50. The highest BCUT2D eigenvalue weighted by Gasteiger charge is 2.25. The third kappa shape index (κ3) is 4.50. The van der Waals surface area contributed by atoms with Gasteiger partial charge in [-0.3, -0.25) is 4.79 Å². The number of ether oxygens (including phenoxy) is 2. The average Bonchev–Trinajstić information content (AvgIpc) is 3.08. The molecule has 2 heterocycles. The van der Waals surface area contributed by atoms with Crippen LogP contribution in [0.5, 0.6) is 0 Å². The van der Waals surface area contributed by atoms with Crippen molar-refractivity contribution < 1.29 is 14.3 Å². The highest BCUT2D eigenvalue weighted by Crippen LogP contribution is 2.30. The molecule has 2 atom stereocenters. The zero-order valence-electron chi connectivity index (χ0n) is 13.2. The Bertz CT molecular complexity index is 658. The largest absolute Gasteiger partial charge is 0.368 e. The summed E-state index contributed by atoms with van der Waals surface area (Å²) in [4.78, 5) is 15.3. The summed E-state index contributed by atoms with van der Waals surface area (Å²) >= 11 is 1.18. The van der Waals surface area contributed by atoms with E-state index in [4.69, 9.17) is 15.2 Å². The van der Waals surface area contributed by atoms with Crippen LogP contribution >= 0.6 is 11.5 Å². The molecule has 3 N–H and O–H groups in total. The lowest BCUT2D eigenvalue weighted by Gasteiger charge is -2.26. The summed E-state index contributed by atoms with van der Waals surface area (Å²) in [5.41, 5.74) is 6.10. The molecule has 1 aliphatic heterocycles. The molecular formula is C16H20N4O3S. The molecule has 1 fully saturated rings. The third-order valence-corrected chi connectivity index (χ3v) is 4.31. The van der Waals surface area contributed by atoms with E-state index in [1.54, 1.807) is 0 Å². The SMILES string of the molecule is NC(=O)CNc1nc(C(OC2CCCCO2)c2ccccc2)ns1. The van der Waals surface area contributed by atoms with E-state index in [0.717, 1.165) is 24.8 Å². The fraction of sp³-hybridized carbons (Fsp3) is 0.438. The van der Waals surface area contributed by atoms with Crippen molar-refractivity contribution >= 4 is 22.6 Å². The molecule has 128 valence electrons. The highest BCUT2D eigenvalue weighted by molar-refractivity contribution is 7.09. The number of amides is 1. The van der Waals surface area contributed by atoms with E-state index in [0.29, 0.717) is 17.6 Å². The van der Waals surface area contributed by atoms with Crippen molar-refractivity contribution in [2.24, 2.45) is 5.73 Å². The smallest absolute Gasteiger partial charge is 0.236 e. The van der Waals surface area contributed by atoms with Gasteiger partial charge in [-0.25, -0.2) is 4.98 Å². The van der Waals surface area contributed by atoms with E-state index in [1.165, 1.54) is 11.5 Å². The van der Waals surface area contributed by atoms with Crippen LogP contribution in [0.1, 0.15) is 36.8 Å². The van der Waals surface area contributed by atoms with Crippen LogP contribution in [0.15, 0.2) is 30.3 Å². The van der Waals surface area contributed by atoms with Gasteiger partial charge in [-0.05, 0) is 24.8 Å². The van der Waals surface area contributed by atoms with Crippen LogP contribution in [0.4, 0.5) is 5.13 Å². The minimum Gasteiger partial charge on any atom is -0.368 e. The van der Waals surface area contributed by atoms with E-state index in [-0.39, 0.29) is 12.8 Å². The number of primary amides is 1. The van der Waals surface area contributed by atoms with Crippen molar-refractivity contribution in [3.05, 3.63) is 41.7 Å². The van der Waals surface area contributed by atoms with E-state index < -0.39 is 12.0 Å². The fourth-order valence-corrected chi connectivity index (χ4v) is 3.05. The summed E-state index contributed by atoms with van der Waals surface area (Å²) < 4.78 is 16.2. The number of anilines is 1. The summed E-state index contributed by atoms with van der Waals surface area (Å²) in [6, 6.07) is 9.81. The number of nitrogens with one attached hydrogen (secondary N) is 1. The highest BCUT2D eigenvalue weighted by atomic mass is 32.1. The zero-order valence-corrected chi connectivity index (χ0v) is 14.0. The first-order valence-corrected chi connectivity index (χ1v) is 8.67. The van der Waals surface area contributed by atoms with Crippen molar-refractivity contribution in [1.82, 2.24) is 9.36 Å². The van der Waals surface area contributed by atoms with Gasteiger partial charge in [-0.15, -0.1) is 0 Å². The summed E-state index contributed by atoms with van der Waals surface area (Å²) in [6.07, 6.45) is 2.35. The Morgan fingerprint density at radius 2 is 2.25 bits per heavy atom. The number of benzene rings is 1. The van der Waals surface area contributed by atoms with E-state index in [2.05, 4.69) is 14.7 Å². The molecule has 24 heavy (non-hydrogen) atoms. The van der Waals surface area contributed by atoms with Crippen LogP contribution in [0.3, 0.4) is 0 Å². The molecule has 0 saturated carbocycles. The molecule has 0 bridgehead atoms. The van der Waals surface area contributed by atoms with Crippen LogP contribution in [0.25, 0.3) is 0 Å². The molecule has 8 heteroatoms. The van der Waals surface area contributed by atoms with Crippen molar-refractivity contribution in [3.8, 4) is 0 Å².